The van der Waals surface area contributed by atoms with Gasteiger partial charge in [0.2, 0.25) is 0 Å². The van der Waals surface area contributed by atoms with Gasteiger partial charge in [-0.2, -0.15) is 0 Å². The highest BCUT2D eigenvalue weighted by Crippen LogP contribution is 2.43. The van der Waals surface area contributed by atoms with Gasteiger partial charge in [0.1, 0.15) is 6.61 Å². The maximum atomic E-state index is 12.7. The summed E-state index contributed by atoms with van der Waals surface area (Å²) in [6, 6.07) is 0. The molecule has 0 rings (SSSR count). The van der Waals surface area contributed by atoms with Gasteiger partial charge in [0, 0.05) is 19.4 Å². The third-order valence-electron chi connectivity index (χ3n) is 11.2. The molecule has 0 spiro atoms. The predicted molar refractivity (Wildman–Crippen MR) is 288 cm³/mol. The SMILES string of the molecule is CC/C=C\C/C=C\C/C=C\C/C=C\C/C=C\C/C=C\CCCCCCCCCCCCCCCCC(=O)OC(COC(=O)CCCCCCC/C=C\C/C=C\CCCC)COP(=O)(O)OCCN. The van der Waals surface area contributed by atoms with Gasteiger partial charge in [0.05, 0.1) is 13.2 Å². The number of unbranched alkanes of at least 4 members (excludes halogenated alkanes) is 21. The third kappa shape index (κ3) is 52.3. The Hall–Kier alpha value is -3.07. The van der Waals surface area contributed by atoms with Crippen LogP contribution >= 0.6 is 7.82 Å². The third-order valence-corrected chi connectivity index (χ3v) is 12.2. The van der Waals surface area contributed by atoms with Crippen molar-refractivity contribution >= 4 is 19.8 Å². The van der Waals surface area contributed by atoms with Crippen molar-refractivity contribution in [3.8, 4) is 0 Å². The summed E-state index contributed by atoms with van der Waals surface area (Å²) in [4.78, 5) is 35.0. The van der Waals surface area contributed by atoms with Gasteiger partial charge in [-0.3, -0.25) is 18.6 Å². The fourth-order valence-corrected chi connectivity index (χ4v) is 7.95. The summed E-state index contributed by atoms with van der Waals surface area (Å²) >= 11 is 0. The molecule has 390 valence electrons. The second kappa shape index (κ2) is 53.3. The van der Waals surface area contributed by atoms with Gasteiger partial charge in [-0.25, -0.2) is 4.57 Å². The first kappa shape index (κ1) is 64.9. The van der Waals surface area contributed by atoms with Crippen molar-refractivity contribution in [2.45, 2.75) is 232 Å². The summed E-state index contributed by atoms with van der Waals surface area (Å²) < 4.78 is 32.9. The maximum Gasteiger partial charge on any atom is 0.472 e. The number of phosphoric acid groups is 1. The van der Waals surface area contributed by atoms with E-state index in [1.807, 2.05) is 0 Å². The fraction of sp³-hybridized carbons (Fsp3) is 0.690. The first-order chi connectivity index (χ1) is 33.3. The highest BCUT2D eigenvalue weighted by Gasteiger charge is 2.26. The Bertz CT molecular complexity index is 1430. The highest BCUT2D eigenvalue weighted by atomic mass is 31.2. The largest absolute Gasteiger partial charge is 0.472 e. The van der Waals surface area contributed by atoms with Gasteiger partial charge in [0.15, 0.2) is 6.10 Å². The van der Waals surface area contributed by atoms with Gasteiger partial charge in [-0.15, -0.1) is 0 Å². The molecule has 2 atom stereocenters. The van der Waals surface area contributed by atoms with Crippen LogP contribution in [0.1, 0.15) is 226 Å². The number of carbonyl (C=O) groups excluding carboxylic acids is 2. The molecule has 0 fully saturated rings. The Morgan fingerprint density at radius 3 is 1.21 bits per heavy atom. The zero-order valence-corrected chi connectivity index (χ0v) is 44.2. The number of phosphoric ester groups is 1. The molecular formula is C58H100NO8P. The van der Waals surface area contributed by atoms with E-state index in [0.717, 1.165) is 103 Å². The minimum atomic E-state index is -4.39. The van der Waals surface area contributed by atoms with E-state index in [4.69, 9.17) is 24.3 Å². The summed E-state index contributed by atoms with van der Waals surface area (Å²) in [6.07, 6.45) is 70.3. The molecule has 0 aliphatic heterocycles. The molecule has 0 heterocycles. The van der Waals surface area contributed by atoms with E-state index in [9.17, 15) is 19.0 Å². The average molecular weight is 970 g/mol. The lowest BCUT2D eigenvalue weighted by Gasteiger charge is -2.19. The van der Waals surface area contributed by atoms with Gasteiger partial charge in [-0.1, -0.05) is 220 Å². The molecule has 0 bridgehead atoms. The second-order valence-corrected chi connectivity index (χ2v) is 19.2. The molecule has 0 aliphatic carbocycles. The molecule has 0 saturated heterocycles. The molecule has 0 aromatic carbocycles. The van der Waals surface area contributed by atoms with E-state index in [0.29, 0.717) is 12.8 Å². The van der Waals surface area contributed by atoms with Crippen molar-refractivity contribution in [3.05, 3.63) is 97.2 Å². The quantitative estimate of drug-likeness (QED) is 0.0264. The smallest absolute Gasteiger partial charge is 0.462 e. The van der Waals surface area contributed by atoms with E-state index in [1.54, 1.807) is 0 Å². The molecule has 10 heteroatoms. The van der Waals surface area contributed by atoms with E-state index in [2.05, 4.69) is 111 Å². The standard InChI is InChI=1S/C58H100NO8P/c1-3-5-7-9-11-13-15-17-19-20-21-22-23-24-25-26-27-28-29-30-31-32-33-34-35-36-37-39-41-43-45-47-49-51-58(61)67-56(55-66-68(62,63)65-53-52-59)54-64-57(60)50-48-46-44-42-40-38-18-16-14-12-10-8-6-4-2/h5,7,10-13,16-19,21-22,24-25,27-28,56H,3-4,6,8-9,14-15,20,23,26,29-55,59H2,1-2H3,(H,62,63)/b7-5-,12-10-,13-11-,18-16-,19-17-,22-21-,25-24-,28-27-. The first-order valence-corrected chi connectivity index (χ1v) is 28.7. The van der Waals surface area contributed by atoms with Crippen molar-refractivity contribution in [1.82, 2.24) is 0 Å². The maximum absolute atomic E-state index is 12.7. The molecule has 9 nitrogen and oxygen atoms in total. The molecule has 0 aromatic rings. The molecule has 0 aromatic heterocycles. The molecule has 2 unspecified atom stereocenters. The van der Waals surface area contributed by atoms with Crippen molar-refractivity contribution in [1.29, 1.82) is 0 Å². The lowest BCUT2D eigenvalue weighted by atomic mass is 10.0. The fourth-order valence-electron chi connectivity index (χ4n) is 7.18. The Morgan fingerprint density at radius 1 is 0.456 bits per heavy atom. The predicted octanol–water partition coefficient (Wildman–Crippen LogP) is 16.9. The van der Waals surface area contributed by atoms with E-state index in [1.165, 1.54) is 83.5 Å². The normalized spacial score (nSPS) is 13.9. The minimum Gasteiger partial charge on any atom is -0.462 e. The van der Waals surface area contributed by atoms with Crippen LogP contribution in [0.25, 0.3) is 0 Å². The Morgan fingerprint density at radius 2 is 0.809 bits per heavy atom. The number of hydrogen-bond acceptors (Lipinski definition) is 8. The number of nitrogens with two attached hydrogens (primary N) is 1. The minimum absolute atomic E-state index is 0.0478. The molecular weight excluding hydrogens is 870 g/mol. The van der Waals surface area contributed by atoms with Crippen LogP contribution in [0, 0.1) is 0 Å². The zero-order chi connectivity index (χ0) is 49.5. The van der Waals surface area contributed by atoms with Crippen LogP contribution in [0.3, 0.4) is 0 Å². The summed E-state index contributed by atoms with van der Waals surface area (Å²) in [5.74, 6) is -0.847. The molecule has 68 heavy (non-hydrogen) atoms. The number of ether oxygens (including phenoxy) is 2. The monoisotopic (exact) mass is 970 g/mol. The number of hydrogen-bond donors (Lipinski definition) is 2. The Labute approximate surface area is 416 Å². The van der Waals surface area contributed by atoms with Crippen LogP contribution in [0.4, 0.5) is 0 Å². The van der Waals surface area contributed by atoms with Gasteiger partial charge in [0.25, 0.3) is 0 Å². The summed E-state index contributed by atoms with van der Waals surface area (Å²) in [6.45, 7) is 3.56. The topological polar surface area (TPSA) is 134 Å². The molecule has 0 aliphatic rings. The first-order valence-electron chi connectivity index (χ1n) is 27.2. The Kier molecular flexibility index (Phi) is 50.9. The molecule has 3 N–H and O–H groups in total. The van der Waals surface area contributed by atoms with Gasteiger partial charge >= 0.3 is 19.8 Å². The second-order valence-electron chi connectivity index (χ2n) is 17.7. The van der Waals surface area contributed by atoms with Gasteiger partial charge < -0.3 is 20.1 Å². The zero-order valence-electron chi connectivity index (χ0n) is 43.3. The van der Waals surface area contributed by atoms with Crippen LogP contribution in [-0.2, 0) is 32.7 Å². The lowest BCUT2D eigenvalue weighted by Crippen LogP contribution is -2.29. The lowest BCUT2D eigenvalue weighted by molar-refractivity contribution is -0.161. The van der Waals surface area contributed by atoms with Crippen LogP contribution in [-0.4, -0.2) is 49.3 Å². The van der Waals surface area contributed by atoms with Crippen molar-refractivity contribution in [2.75, 3.05) is 26.4 Å². The molecule has 0 amide bonds. The van der Waals surface area contributed by atoms with Crippen LogP contribution < -0.4 is 5.73 Å². The number of carbonyl (C=O) groups is 2. The summed E-state index contributed by atoms with van der Waals surface area (Å²) in [5.41, 5.74) is 5.37. The van der Waals surface area contributed by atoms with E-state index < -0.39 is 32.5 Å². The van der Waals surface area contributed by atoms with E-state index in [-0.39, 0.29) is 32.6 Å². The van der Waals surface area contributed by atoms with Crippen molar-refractivity contribution in [2.24, 2.45) is 5.73 Å². The summed E-state index contributed by atoms with van der Waals surface area (Å²) in [5, 5.41) is 0. The van der Waals surface area contributed by atoms with E-state index >= 15 is 0 Å². The van der Waals surface area contributed by atoms with Crippen molar-refractivity contribution in [3.63, 3.8) is 0 Å². The number of esters is 2. The van der Waals surface area contributed by atoms with Crippen LogP contribution in [0.5, 0.6) is 0 Å². The van der Waals surface area contributed by atoms with Crippen LogP contribution in [0.15, 0.2) is 97.2 Å². The van der Waals surface area contributed by atoms with Gasteiger partial charge in [-0.05, 0) is 89.9 Å². The average Bonchev–Trinajstić information content (AvgIpc) is 3.33. The summed E-state index contributed by atoms with van der Waals surface area (Å²) in [7, 11) is -4.39. The van der Waals surface area contributed by atoms with Crippen LogP contribution in [0.2, 0.25) is 0 Å². The molecule has 0 radical (unpaired) electrons. The highest BCUT2D eigenvalue weighted by molar-refractivity contribution is 7.47. The Balaban J connectivity index is 3.95. The molecule has 0 saturated carbocycles. The number of allylic oxidation sites excluding steroid dienone is 16. The van der Waals surface area contributed by atoms with Crippen molar-refractivity contribution < 1.29 is 37.6 Å². The number of rotatable bonds is 50.